The summed E-state index contributed by atoms with van der Waals surface area (Å²) in [4.78, 5) is 23.9. The highest BCUT2D eigenvalue weighted by atomic mass is 19.1. The molecule has 0 bridgehead atoms. The number of carbonyl (C=O) groups excluding carboxylic acids is 1. The Bertz CT molecular complexity index is 884. The van der Waals surface area contributed by atoms with E-state index in [0.717, 1.165) is 11.8 Å². The zero-order valence-corrected chi connectivity index (χ0v) is 11.5. The molecule has 1 N–H and O–H groups in total. The van der Waals surface area contributed by atoms with Gasteiger partial charge in [0, 0.05) is 11.9 Å². The van der Waals surface area contributed by atoms with E-state index in [0.29, 0.717) is 10.8 Å². The Morgan fingerprint density at radius 2 is 1.73 bits per heavy atom. The highest BCUT2D eigenvalue weighted by Gasteiger charge is 2.12. The minimum Gasteiger partial charge on any atom is -0.430 e. The van der Waals surface area contributed by atoms with Crippen molar-refractivity contribution in [3.63, 3.8) is 0 Å². The summed E-state index contributed by atoms with van der Waals surface area (Å²) < 4.78 is 17.7. The summed E-state index contributed by atoms with van der Waals surface area (Å²) in [5.41, 5.74) is 0.583. The molecule has 110 valence electrons. The summed E-state index contributed by atoms with van der Waals surface area (Å²) in [6, 6.07) is 12.6. The second-order valence-corrected chi connectivity index (χ2v) is 4.79. The molecule has 0 unspecified atom stereocenters. The second-order valence-electron chi connectivity index (χ2n) is 4.79. The van der Waals surface area contributed by atoms with Gasteiger partial charge in [0.25, 0.3) is 5.91 Å². The maximum absolute atomic E-state index is 12.8. The highest BCUT2D eigenvalue weighted by Crippen LogP contribution is 2.15. The highest BCUT2D eigenvalue weighted by molar-refractivity contribution is 6.06. The summed E-state index contributed by atoms with van der Waals surface area (Å²) in [6.07, 6.45) is 1.16. The molecular weight excluding hydrogens is 285 g/mol. The number of carbonyl (C=O) groups is 1. The third kappa shape index (κ3) is 2.74. The van der Waals surface area contributed by atoms with Crippen molar-refractivity contribution in [3.05, 3.63) is 82.2 Å². The maximum Gasteiger partial charge on any atom is 0.343 e. The standard InChI is InChI=1S/C17H12FNO3/c18-12-7-5-11(6-8-12)9-19-16(20)15-10-22-17(21)14-4-2-1-3-13(14)15/h1-8,10H,9H2,(H,19,20). The van der Waals surface area contributed by atoms with Crippen LogP contribution in [0.3, 0.4) is 0 Å². The number of halogens is 1. The zero-order chi connectivity index (χ0) is 15.5. The van der Waals surface area contributed by atoms with E-state index < -0.39 is 5.63 Å². The average Bonchev–Trinajstić information content (AvgIpc) is 2.55. The van der Waals surface area contributed by atoms with Gasteiger partial charge in [-0.15, -0.1) is 0 Å². The van der Waals surface area contributed by atoms with E-state index in [1.807, 2.05) is 0 Å². The second kappa shape index (κ2) is 5.81. The first kappa shape index (κ1) is 14.0. The van der Waals surface area contributed by atoms with Crippen molar-refractivity contribution in [1.82, 2.24) is 5.32 Å². The Morgan fingerprint density at radius 1 is 1.05 bits per heavy atom. The van der Waals surface area contributed by atoms with E-state index in [1.165, 1.54) is 12.1 Å². The molecule has 22 heavy (non-hydrogen) atoms. The maximum atomic E-state index is 12.8. The van der Waals surface area contributed by atoms with Crippen molar-refractivity contribution in [2.24, 2.45) is 0 Å². The summed E-state index contributed by atoms with van der Waals surface area (Å²) >= 11 is 0. The van der Waals surface area contributed by atoms with Crippen molar-refractivity contribution < 1.29 is 13.6 Å². The number of rotatable bonds is 3. The fraction of sp³-hybridized carbons (Fsp3) is 0.0588. The molecule has 1 heterocycles. The third-order valence-corrected chi connectivity index (χ3v) is 3.33. The normalized spacial score (nSPS) is 10.6. The van der Waals surface area contributed by atoms with Gasteiger partial charge in [-0.3, -0.25) is 4.79 Å². The van der Waals surface area contributed by atoms with Crippen LogP contribution in [0, 0.1) is 5.82 Å². The molecule has 5 heteroatoms. The van der Waals surface area contributed by atoms with Crippen LogP contribution in [-0.4, -0.2) is 5.91 Å². The van der Waals surface area contributed by atoms with Gasteiger partial charge in [-0.1, -0.05) is 30.3 Å². The van der Waals surface area contributed by atoms with Crippen molar-refractivity contribution in [3.8, 4) is 0 Å². The van der Waals surface area contributed by atoms with E-state index in [1.54, 1.807) is 36.4 Å². The zero-order valence-electron chi connectivity index (χ0n) is 11.5. The van der Waals surface area contributed by atoms with Gasteiger partial charge in [0.2, 0.25) is 0 Å². The lowest BCUT2D eigenvalue weighted by Gasteiger charge is -2.07. The van der Waals surface area contributed by atoms with E-state index in [4.69, 9.17) is 4.42 Å². The van der Waals surface area contributed by atoms with Crippen molar-refractivity contribution >= 4 is 16.7 Å². The minimum atomic E-state index is -0.481. The monoisotopic (exact) mass is 297 g/mol. The van der Waals surface area contributed by atoms with Gasteiger partial charge in [0.1, 0.15) is 12.1 Å². The van der Waals surface area contributed by atoms with Crippen molar-refractivity contribution in [2.75, 3.05) is 0 Å². The summed E-state index contributed by atoms with van der Waals surface area (Å²) in [5.74, 6) is -0.685. The van der Waals surface area contributed by atoms with Gasteiger partial charge in [0.05, 0.1) is 10.9 Å². The molecule has 3 aromatic rings. The molecule has 0 saturated carbocycles. The largest absolute Gasteiger partial charge is 0.430 e. The molecule has 0 radical (unpaired) electrons. The lowest BCUT2D eigenvalue weighted by Crippen LogP contribution is -2.23. The average molecular weight is 297 g/mol. The van der Waals surface area contributed by atoms with Crippen LogP contribution < -0.4 is 10.9 Å². The Kier molecular flexibility index (Phi) is 3.70. The fourth-order valence-corrected chi connectivity index (χ4v) is 2.19. The van der Waals surface area contributed by atoms with Crippen LogP contribution in [0.15, 0.2) is 64.0 Å². The molecule has 0 fully saturated rings. The molecule has 4 nitrogen and oxygen atoms in total. The van der Waals surface area contributed by atoms with Gasteiger partial charge in [-0.2, -0.15) is 0 Å². The van der Waals surface area contributed by atoms with Crippen LogP contribution in [0.4, 0.5) is 4.39 Å². The van der Waals surface area contributed by atoms with E-state index in [-0.39, 0.29) is 23.8 Å². The smallest absolute Gasteiger partial charge is 0.343 e. The van der Waals surface area contributed by atoms with Crippen molar-refractivity contribution in [2.45, 2.75) is 6.54 Å². The molecular formula is C17H12FNO3. The molecule has 1 aromatic heterocycles. The molecule has 3 rings (SSSR count). The van der Waals surface area contributed by atoms with Crippen LogP contribution in [0.1, 0.15) is 15.9 Å². The quantitative estimate of drug-likeness (QED) is 0.808. The Morgan fingerprint density at radius 3 is 2.45 bits per heavy atom. The number of amides is 1. The molecule has 0 aliphatic heterocycles. The fourth-order valence-electron chi connectivity index (χ4n) is 2.19. The van der Waals surface area contributed by atoms with Crippen LogP contribution in [-0.2, 0) is 6.54 Å². The van der Waals surface area contributed by atoms with E-state index in [2.05, 4.69) is 5.32 Å². The molecule has 0 saturated heterocycles. The van der Waals surface area contributed by atoms with Crippen LogP contribution in [0.2, 0.25) is 0 Å². The van der Waals surface area contributed by atoms with Crippen LogP contribution in [0.5, 0.6) is 0 Å². The predicted molar refractivity (Wildman–Crippen MR) is 80.1 cm³/mol. The molecule has 0 aliphatic rings. The van der Waals surface area contributed by atoms with Gasteiger partial charge < -0.3 is 9.73 Å². The minimum absolute atomic E-state index is 0.257. The first-order chi connectivity index (χ1) is 10.6. The molecule has 0 spiro atoms. The van der Waals surface area contributed by atoms with Crippen LogP contribution in [0.25, 0.3) is 10.8 Å². The SMILES string of the molecule is O=C(NCc1ccc(F)cc1)c1coc(=O)c2ccccc12. The Labute approximate surface area is 125 Å². The molecule has 0 atom stereocenters. The van der Waals surface area contributed by atoms with E-state index in [9.17, 15) is 14.0 Å². The van der Waals surface area contributed by atoms with Crippen molar-refractivity contribution in [1.29, 1.82) is 0 Å². The summed E-state index contributed by atoms with van der Waals surface area (Å²) in [7, 11) is 0. The van der Waals surface area contributed by atoms with E-state index >= 15 is 0 Å². The first-order valence-electron chi connectivity index (χ1n) is 6.68. The Hall–Kier alpha value is -2.95. The summed E-state index contributed by atoms with van der Waals surface area (Å²) in [5, 5.41) is 3.62. The number of benzene rings is 2. The number of nitrogens with one attached hydrogen (secondary N) is 1. The Balaban J connectivity index is 1.85. The number of fused-ring (bicyclic) bond motifs is 1. The third-order valence-electron chi connectivity index (χ3n) is 3.33. The predicted octanol–water partition coefficient (Wildman–Crippen LogP) is 2.86. The number of hydrogen-bond donors (Lipinski definition) is 1. The molecule has 0 aliphatic carbocycles. The lowest BCUT2D eigenvalue weighted by atomic mass is 10.1. The summed E-state index contributed by atoms with van der Waals surface area (Å²) in [6.45, 7) is 0.257. The molecule has 2 aromatic carbocycles. The van der Waals surface area contributed by atoms with Gasteiger partial charge in [0.15, 0.2) is 0 Å². The van der Waals surface area contributed by atoms with Crippen LogP contribution >= 0.6 is 0 Å². The van der Waals surface area contributed by atoms with Gasteiger partial charge in [-0.05, 0) is 23.8 Å². The first-order valence-corrected chi connectivity index (χ1v) is 6.68. The lowest BCUT2D eigenvalue weighted by molar-refractivity contribution is 0.0950. The molecule has 1 amide bonds. The number of hydrogen-bond acceptors (Lipinski definition) is 3. The topological polar surface area (TPSA) is 59.3 Å². The van der Waals surface area contributed by atoms with Gasteiger partial charge >= 0.3 is 5.63 Å². The van der Waals surface area contributed by atoms with Gasteiger partial charge in [-0.25, -0.2) is 9.18 Å².